The first-order chi connectivity index (χ1) is 19.2. The maximum Gasteiger partial charge on any atom is 0.131 e. The van der Waals surface area contributed by atoms with Crippen molar-refractivity contribution in [1.82, 2.24) is 9.88 Å². The number of aromatic nitrogens is 1. The average molecular weight is 557 g/mol. The molecule has 5 rings (SSSR count). The van der Waals surface area contributed by atoms with Crippen molar-refractivity contribution in [3.63, 3.8) is 0 Å². The van der Waals surface area contributed by atoms with Crippen molar-refractivity contribution in [3.8, 4) is 11.5 Å². The van der Waals surface area contributed by atoms with Gasteiger partial charge in [-0.2, -0.15) is 0 Å². The fraction of sp³-hybridized carbons (Fsp3) is 0.303. The van der Waals surface area contributed by atoms with Crippen LogP contribution in [-0.2, 0) is 13.0 Å². The third kappa shape index (κ3) is 7.75. The maximum atomic E-state index is 6.06. The van der Waals surface area contributed by atoms with Gasteiger partial charge >= 0.3 is 0 Å². The van der Waals surface area contributed by atoms with Gasteiger partial charge in [0, 0.05) is 16.8 Å². The number of ether oxygens (including phenoxy) is 2. The van der Waals surface area contributed by atoms with Crippen LogP contribution in [0.1, 0.15) is 40.2 Å². The van der Waals surface area contributed by atoms with E-state index >= 15 is 0 Å². The Bertz CT molecular complexity index is 1340. The second-order valence-corrected chi connectivity index (χ2v) is 11.6. The molecule has 0 unspecified atom stereocenters. The predicted molar refractivity (Wildman–Crippen MR) is 166 cm³/mol. The lowest BCUT2D eigenvalue weighted by molar-refractivity contribution is 0.238. The molecule has 4 nitrogen and oxygen atoms in total. The molecule has 1 saturated heterocycles. The van der Waals surface area contributed by atoms with Gasteiger partial charge in [0.15, 0.2) is 0 Å². The zero-order valence-electron chi connectivity index (χ0n) is 22.8. The molecule has 4 aromatic rings. The van der Waals surface area contributed by atoms with Gasteiger partial charge in [0.2, 0.25) is 0 Å². The summed E-state index contributed by atoms with van der Waals surface area (Å²) in [5.41, 5.74) is 6.00. The number of allylic oxidation sites excluding steroid dienone is 1. The lowest BCUT2D eigenvalue weighted by Gasteiger charge is -2.17. The van der Waals surface area contributed by atoms with E-state index in [-0.39, 0.29) is 0 Å². The summed E-state index contributed by atoms with van der Waals surface area (Å²) in [5.74, 6) is 1.79. The quantitative estimate of drug-likeness (QED) is 0.165. The van der Waals surface area contributed by atoms with Gasteiger partial charge in [-0.1, -0.05) is 54.6 Å². The molecule has 0 N–H and O–H groups in total. The molecule has 1 fully saturated rings. The molecule has 0 aliphatic carbocycles. The molecule has 0 amide bonds. The van der Waals surface area contributed by atoms with Crippen LogP contribution in [0.2, 0.25) is 0 Å². The summed E-state index contributed by atoms with van der Waals surface area (Å²) < 4.78 is 12.0. The molecular formula is C33H36N2O2S2. The number of nitrogens with zero attached hydrogens (tertiary/aromatic N) is 2. The number of thiazole rings is 1. The summed E-state index contributed by atoms with van der Waals surface area (Å²) in [4.78, 5) is 8.25. The highest BCUT2D eigenvalue weighted by Crippen LogP contribution is 2.37. The Kier molecular flexibility index (Phi) is 9.76. The van der Waals surface area contributed by atoms with E-state index in [1.54, 1.807) is 23.1 Å². The monoisotopic (exact) mass is 556 g/mol. The summed E-state index contributed by atoms with van der Waals surface area (Å²) in [6, 6.07) is 27.8. The topological polar surface area (TPSA) is 34.6 Å². The van der Waals surface area contributed by atoms with Crippen LogP contribution in [-0.4, -0.2) is 42.4 Å². The van der Waals surface area contributed by atoms with Crippen molar-refractivity contribution in [2.75, 3.05) is 32.5 Å². The lowest BCUT2D eigenvalue weighted by atomic mass is 9.95. The summed E-state index contributed by atoms with van der Waals surface area (Å²) in [5, 5.41) is 3.12. The number of hydrogen-bond donors (Lipinski definition) is 0. The molecule has 0 spiro atoms. The normalized spacial score (nSPS) is 14.3. The Morgan fingerprint density at radius 1 is 0.872 bits per heavy atom. The van der Waals surface area contributed by atoms with Crippen LogP contribution in [0.3, 0.4) is 0 Å². The van der Waals surface area contributed by atoms with Crippen LogP contribution in [0.4, 0.5) is 0 Å². The smallest absolute Gasteiger partial charge is 0.131 e. The zero-order chi connectivity index (χ0) is 26.9. The highest BCUT2D eigenvalue weighted by atomic mass is 32.2. The minimum Gasteiger partial charge on any atom is -0.492 e. The zero-order valence-corrected chi connectivity index (χ0v) is 24.4. The molecule has 0 atom stereocenters. The molecule has 0 bridgehead atoms. The Labute approximate surface area is 240 Å². The summed E-state index contributed by atoms with van der Waals surface area (Å²) in [6.45, 7) is 6.66. The minimum atomic E-state index is 0.493. The SMILES string of the molecule is CSC(=C(Cc1ccc(OCc2csc(C)n2)cc1)c1ccccc1)c1ccc(OCCN2CCCC2)cc1. The molecule has 2 heterocycles. The van der Waals surface area contributed by atoms with E-state index < -0.39 is 0 Å². The first kappa shape index (κ1) is 27.5. The Balaban J connectivity index is 1.31. The van der Waals surface area contributed by atoms with Gasteiger partial charge in [0.25, 0.3) is 0 Å². The van der Waals surface area contributed by atoms with E-state index in [4.69, 9.17) is 9.47 Å². The number of aryl methyl sites for hydroxylation is 1. The molecule has 6 heteroatoms. The van der Waals surface area contributed by atoms with Crippen LogP contribution >= 0.6 is 23.1 Å². The fourth-order valence-corrected chi connectivity index (χ4v) is 6.31. The van der Waals surface area contributed by atoms with Gasteiger partial charge in [-0.15, -0.1) is 23.1 Å². The molecule has 0 radical (unpaired) electrons. The molecule has 1 aliphatic heterocycles. The fourth-order valence-electron chi connectivity index (χ4n) is 4.91. The summed E-state index contributed by atoms with van der Waals surface area (Å²) >= 11 is 3.45. The van der Waals surface area contributed by atoms with Crippen LogP contribution in [0.25, 0.3) is 10.5 Å². The molecule has 3 aromatic carbocycles. The van der Waals surface area contributed by atoms with Crippen LogP contribution in [0.15, 0.2) is 84.2 Å². The first-order valence-corrected chi connectivity index (χ1v) is 15.7. The Hall–Kier alpha value is -3.06. The summed E-state index contributed by atoms with van der Waals surface area (Å²) in [6.07, 6.45) is 5.62. The van der Waals surface area contributed by atoms with Gasteiger partial charge in [0.05, 0.1) is 10.7 Å². The van der Waals surface area contributed by atoms with E-state index in [1.165, 1.54) is 53.1 Å². The van der Waals surface area contributed by atoms with Crippen molar-refractivity contribution >= 4 is 33.6 Å². The van der Waals surface area contributed by atoms with Crippen molar-refractivity contribution in [1.29, 1.82) is 0 Å². The van der Waals surface area contributed by atoms with E-state index in [2.05, 4.69) is 100 Å². The molecule has 202 valence electrons. The third-order valence-corrected chi connectivity index (χ3v) is 8.66. The highest BCUT2D eigenvalue weighted by molar-refractivity contribution is 8.07. The summed E-state index contributed by atoms with van der Waals surface area (Å²) in [7, 11) is 0. The second-order valence-electron chi connectivity index (χ2n) is 9.77. The largest absolute Gasteiger partial charge is 0.492 e. The van der Waals surface area contributed by atoms with Gasteiger partial charge in [-0.05, 0) is 92.1 Å². The maximum absolute atomic E-state index is 6.06. The van der Waals surface area contributed by atoms with Crippen molar-refractivity contribution in [3.05, 3.63) is 112 Å². The average Bonchev–Trinajstić information content (AvgIpc) is 3.65. The number of benzene rings is 3. The standard InChI is InChI=1S/C33H36N2O2S2/c1-25-34-29(24-39-25)23-37-31-14-10-26(11-15-31)22-32(27-8-4-3-5-9-27)33(38-2)28-12-16-30(17-13-28)36-21-20-35-18-6-7-19-35/h3-5,8-17,24H,6-7,18-23H2,1-2H3. The van der Waals surface area contributed by atoms with Crippen LogP contribution in [0, 0.1) is 6.92 Å². The molecule has 1 aromatic heterocycles. The number of rotatable bonds is 12. The van der Waals surface area contributed by atoms with Gasteiger partial charge in [0.1, 0.15) is 24.7 Å². The molecular weight excluding hydrogens is 521 g/mol. The van der Waals surface area contributed by atoms with E-state index in [0.29, 0.717) is 6.61 Å². The number of likely N-dealkylation sites (tertiary alicyclic amines) is 1. The highest BCUT2D eigenvalue weighted by Gasteiger charge is 2.14. The van der Waals surface area contributed by atoms with Crippen LogP contribution < -0.4 is 9.47 Å². The van der Waals surface area contributed by atoms with Crippen molar-refractivity contribution in [2.45, 2.75) is 32.8 Å². The predicted octanol–water partition coefficient (Wildman–Crippen LogP) is 7.98. The Morgan fingerprint density at radius 2 is 1.56 bits per heavy atom. The molecule has 39 heavy (non-hydrogen) atoms. The van der Waals surface area contributed by atoms with Crippen molar-refractivity contribution in [2.24, 2.45) is 0 Å². The Morgan fingerprint density at radius 3 is 2.23 bits per heavy atom. The van der Waals surface area contributed by atoms with E-state index in [0.717, 1.165) is 41.8 Å². The minimum absolute atomic E-state index is 0.493. The van der Waals surface area contributed by atoms with Gasteiger partial charge in [-0.3, -0.25) is 4.90 Å². The first-order valence-electron chi connectivity index (χ1n) is 13.6. The number of hydrogen-bond acceptors (Lipinski definition) is 6. The third-order valence-electron chi connectivity index (χ3n) is 6.95. The lowest BCUT2D eigenvalue weighted by Crippen LogP contribution is -2.25. The van der Waals surface area contributed by atoms with E-state index in [1.807, 2.05) is 6.92 Å². The van der Waals surface area contributed by atoms with E-state index in [9.17, 15) is 0 Å². The van der Waals surface area contributed by atoms with Gasteiger partial charge < -0.3 is 9.47 Å². The van der Waals surface area contributed by atoms with Gasteiger partial charge in [-0.25, -0.2) is 4.98 Å². The molecule has 1 aliphatic rings. The second kappa shape index (κ2) is 13.8. The van der Waals surface area contributed by atoms with Crippen LogP contribution in [0.5, 0.6) is 11.5 Å². The number of thioether (sulfide) groups is 1. The van der Waals surface area contributed by atoms with Crippen molar-refractivity contribution < 1.29 is 9.47 Å². The molecule has 0 saturated carbocycles.